The van der Waals surface area contributed by atoms with Crippen LogP contribution >= 0.6 is 11.8 Å². The van der Waals surface area contributed by atoms with Crippen molar-refractivity contribution in [3.8, 4) is 17.2 Å². The topological polar surface area (TPSA) is 69.5 Å². The molecule has 162 valence electrons. The van der Waals surface area contributed by atoms with Crippen LogP contribution in [-0.2, 0) is 11.3 Å². The van der Waals surface area contributed by atoms with Gasteiger partial charge in [0, 0.05) is 18.8 Å². The van der Waals surface area contributed by atoms with Crippen LogP contribution < -0.4 is 9.47 Å². The van der Waals surface area contributed by atoms with Gasteiger partial charge in [-0.25, -0.2) is 0 Å². The number of hydrogen-bond acceptors (Lipinski definition) is 6. The number of thioether (sulfide) groups is 1. The third-order valence-corrected chi connectivity index (χ3v) is 6.04. The molecule has 1 aromatic heterocycles. The van der Waals surface area contributed by atoms with Gasteiger partial charge in [-0.1, -0.05) is 35.5 Å². The average molecular weight is 439 g/mol. The number of amides is 1. The molecule has 2 aromatic carbocycles. The quantitative estimate of drug-likeness (QED) is 0.523. The molecule has 0 radical (unpaired) electrons. The van der Waals surface area contributed by atoms with Crippen LogP contribution in [0.1, 0.15) is 23.9 Å². The monoisotopic (exact) mass is 438 g/mol. The average Bonchev–Trinajstić information content (AvgIpc) is 3.16. The summed E-state index contributed by atoms with van der Waals surface area (Å²) in [6.45, 7) is 8.21. The number of carbonyl (C=O) groups is 1. The SMILES string of the molecule is CCN(Cc1ccc2c(c1)OCCO2)C(=O)CSc1nnc(C)n1-c1ccc(C)cc1. The molecular formula is C23H26N4O3S. The second kappa shape index (κ2) is 9.43. The van der Waals surface area contributed by atoms with E-state index in [1.165, 1.54) is 17.3 Å². The van der Waals surface area contributed by atoms with Gasteiger partial charge in [-0.15, -0.1) is 10.2 Å². The number of hydrogen-bond donors (Lipinski definition) is 0. The summed E-state index contributed by atoms with van der Waals surface area (Å²) < 4.78 is 13.2. The number of carbonyl (C=O) groups excluding carboxylic acids is 1. The number of aromatic nitrogens is 3. The molecule has 0 fully saturated rings. The predicted octanol–water partition coefficient (Wildman–Crippen LogP) is 3.80. The lowest BCUT2D eigenvalue weighted by molar-refractivity contribution is -0.128. The van der Waals surface area contributed by atoms with E-state index >= 15 is 0 Å². The van der Waals surface area contributed by atoms with Crippen LogP contribution in [0.15, 0.2) is 47.6 Å². The number of benzene rings is 2. The molecule has 7 nitrogen and oxygen atoms in total. The molecule has 1 amide bonds. The van der Waals surface area contributed by atoms with Crippen molar-refractivity contribution in [3.63, 3.8) is 0 Å². The van der Waals surface area contributed by atoms with E-state index in [1.807, 2.05) is 53.6 Å². The molecule has 31 heavy (non-hydrogen) atoms. The van der Waals surface area contributed by atoms with Gasteiger partial charge in [0.25, 0.3) is 0 Å². The maximum Gasteiger partial charge on any atom is 0.233 e. The van der Waals surface area contributed by atoms with Gasteiger partial charge in [-0.05, 0) is 50.6 Å². The summed E-state index contributed by atoms with van der Waals surface area (Å²) in [5.74, 6) is 2.64. The summed E-state index contributed by atoms with van der Waals surface area (Å²) in [5.41, 5.74) is 3.20. The molecule has 0 unspecified atom stereocenters. The molecule has 0 saturated heterocycles. The maximum absolute atomic E-state index is 12.9. The van der Waals surface area contributed by atoms with Gasteiger partial charge in [0.15, 0.2) is 16.7 Å². The minimum Gasteiger partial charge on any atom is -0.486 e. The second-order valence-electron chi connectivity index (χ2n) is 7.38. The zero-order chi connectivity index (χ0) is 21.8. The molecule has 0 saturated carbocycles. The van der Waals surface area contributed by atoms with E-state index < -0.39 is 0 Å². The van der Waals surface area contributed by atoms with Gasteiger partial charge in [0.05, 0.1) is 5.75 Å². The molecular weight excluding hydrogens is 412 g/mol. The van der Waals surface area contributed by atoms with Crippen LogP contribution in [0, 0.1) is 13.8 Å². The first kappa shape index (κ1) is 21.2. The molecule has 0 spiro atoms. The Morgan fingerprint density at radius 1 is 1.06 bits per heavy atom. The summed E-state index contributed by atoms with van der Waals surface area (Å²) in [5, 5.41) is 9.20. The van der Waals surface area contributed by atoms with Gasteiger partial charge in [-0.3, -0.25) is 9.36 Å². The Balaban J connectivity index is 1.43. The Kier molecular flexibility index (Phi) is 6.46. The van der Waals surface area contributed by atoms with E-state index in [9.17, 15) is 4.79 Å². The Bertz CT molecular complexity index is 1070. The molecule has 1 aliphatic rings. The van der Waals surface area contributed by atoms with Crippen LogP contribution in [0.5, 0.6) is 11.5 Å². The largest absolute Gasteiger partial charge is 0.486 e. The fourth-order valence-electron chi connectivity index (χ4n) is 3.43. The van der Waals surface area contributed by atoms with Gasteiger partial charge < -0.3 is 14.4 Å². The number of nitrogens with zero attached hydrogens (tertiary/aromatic N) is 4. The van der Waals surface area contributed by atoms with Crippen molar-refractivity contribution < 1.29 is 14.3 Å². The fourth-order valence-corrected chi connectivity index (χ4v) is 4.33. The Morgan fingerprint density at radius 3 is 2.55 bits per heavy atom. The van der Waals surface area contributed by atoms with E-state index in [-0.39, 0.29) is 5.91 Å². The normalized spacial score (nSPS) is 12.6. The van der Waals surface area contributed by atoms with Gasteiger partial charge in [0.2, 0.25) is 5.91 Å². The first-order valence-electron chi connectivity index (χ1n) is 10.3. The molecule has 0 bridgehead atoms. The van der Waals surface area contributed by atoms with Crippen molar-refractivity contribution in [2.45, 2.75) is 32.5 Å². The Morgan fingerprint density at radius 2 is 1.81 bits per heavy atom. The number of ether oxygens (including phenoxy) is 2. The van der Waals surface area contributed by atoms with E-state index in [4.69, 9.17) is 9.47 Å². The highest BCUT2D eigenvalue weighted by atomic mass is 32.2. The molecule has 1 aliphatic heterocycles. The summed E-state index contributed by atoms with van der Waals surface area (Å²) >= 11 is 1.41. The van der Waals surface area contributed by atoms with Crippen molar-refractivity contribution in [2.75, 3.05) is 25.5 Å². The van der Waals surface area contributed by atoms with Crippen molar-refractivity contribution in [1.29, 1.82) is 0 Å². The van der Waals surface area contributed by atoms with Crippen molar-refractivity contribution in [1.82, 2.24) is 19.7 Å². The summed E-state index contributed by atoms with van der Waals surface area (Å²) in [6.07, 6.45) is 0. The molecule has 8 heteroatoms. The minimum atomic E-state index is 0.0542. The Labute approximate surface area is 186 Å². The fraction of sp³-hybridized carbons (Fsp3) is 0.348. The maximum atomic E-state index is 12.9. The van der Waals surface area contributed by atoms with E-state index in [2.05, 4.69) is 29.3 Å². The smallest absolute Gasteiger partial charge is 0.233 e. The number of aryl methyl sites for hydroxylation is 2. The molecule has 2 heterocycles. The molecule has 3 aromatic rings. The van der Waals surface area contributed by atoms with Crippen molar-refractivity contribution >= 4 is 17.7 Å². The molecule has 0 atom stereocenters. The summed E-state index contributed by atoms with van der Waals surface area (Å²) in [4.78, 5) is 14.8. The predicted molar refractivity (Wildman–Crippen MR) is 120 cm³/mol. The lowest BCUT2D eigenvalue weighted by Gasteiger charge is -2.23. The van der Waals surface area contributed by atoms with E-state index in [0.29, 0.717) is 37.2 Å². The molecule has 0 aliphatic carbocycles. The number of rotatable bonds is 7. The van der Waals surface area contributed by atoms with Crippen LogP contribution in [0.3, 0.4) is 0 Å². The third kappa shape index (κ3) is 4.85. The van der Waals surface area contributed by atoms with Gasteiger partial charge in [-0.2, -0.15) is 0 Å². The van der Waals surface area contributed by atoms with Crippen LogP contribution in [0.4, 0.5) is 0 Å². The van der Waals surface area contributed by atoms with Gasteiger partial charge >= 0.3 is 0 Å². The summed E-state index contributed by atoms with van der Waals surface area (Å²) in [6, 6.07) is 14.0. The first-order chi connectivity index (χ1) is 15.0. The second-order valence-corrected chi connectivity index (χ2v) is 8.32. The molecule has 4 rings (SSSR count). The first-order valence-corrected chi connectivity index (χ1v) is 11.3. The van der Waals surface area contributed by atoms with Crippen molar-refractivity contribution in [3.05, 3.63) is 59.4 Å². The zero-order valence-corrected chi connectivity index (χ0v) is 18.8. The lowest BCUT2D eigenvalue weighted by atomic mass is 10.2. The summed E-state index contributed by atoms with van der Waals surface area (Å²) in [7, 11) is 0. The molecule has 0 N–H and O–H groups in total. The van der Waals surface area contributed by atoms with E-state index in [1.54, 1.807) is 0 Å². The van der Waals surface area contributed by atoms with Crippen LogP contribution in [0.2, 0.25) is 0 Å². The van der Waals surface area contributed by atoms with Crippen LogP contribution in [-0.4, -0.2) is 51.1 Å². The minimum absolute atomic E-state index is 0.0542. The van der Waals surface area contributed by atoms with E-state index in [0.717, 1.165) is 28.6 Å². The van der Waals surface area contributed by atoms with Crippen molar-refractivity contribution in [2.24, 2.45) is 0 Å². The highest BCUT2D eigenvalue weighted by molar-refractivity contribution is 7.99. The Hall–Kier alpha value is -3.00. The standard InChI is InChI=1S/C23H26N4O3S/c1-4-26(14-18-7-10-20-21(13-18)30-12-11-29-20)22(28)15-31-23-25-24-17(3)27(23)19-8-5-16(2)6-9-19/h5-10,13H,4,11-12,14-15H2,1-3H3. The highest BCUT2D eigenvalue weighted by Crippen LogP contribution is 2.31. The number of fused-ring (bicyclic) bond motifs is 1. The lowest BCUT2D eigenvalue weighted by Crippen LogP contribution is -2.31. The van der Waals surface area contributed by atoms with Gasteiger partial charge in [0.1, 0.15) is 19.0 Å². The zero-order valence-electron chi connectivity index (χ0n) is 18.0. The third-order valence-electron chi connectivity index (χ3n) is 5.13. The van der Waals surface area contributed by atoms with Crippen LogP contribution in [0.25, 0.3) is 5.69 Å². The highest BCUT2D eigenvalue weighted by Gasteiger charge is 2.18.